The predicted molar refractivity (Wildman–Crippen MR) is 109 cm³/mol. The Bertz CT molecular complexity index is 1160. The van der Waals surface area contributed by atoms with Crippen molar-refractivity contribution in [2.75, 3.05) is 0 Å². The van der Waals surface area contributed by atoms with Gasteiger partial charge in [-0.1, -0.05) is 29.8 Å². The van der Waals surface area contributed by atoms with E-state index in [-0.39, 0.29) is 0 Å². The van der Waals surface area contributed by atoms with E-state index in [0.717, 1.165) is 10.2 Å². The Morgan fingerprint density at radius 1 is 0.929 bits per heavy atom. The number of nitrogens with zero attached hydrogens (tertiary/aromatic N) is 2. The van der Waals surface area contributed by atoms with Crippen LogP contribution in [0.4, 0.5) is 0 Å². The molecule has 8 heteroatoms. The first-order chi connectivity index (χ1) is 13.6. The topological polar surface area (TPSA) is 84.0 Å². The van der Waals surface area contributed by atoms with Gasteiger partial charge >= 0.3 is 0 Å². The molecule has 0 saturated carbocycles. The first-order valence-electron chi connectivity index (χ1n) is 8.29. The number of para-hydroxylation sites is 1. The molecule has 4 rings (SSSR count). The monoisotopic (exact) mass is 408 g/mol. The van der Waals surface area contributed by atoms with E-state index in [1.54, 1.807) is 36.5 Å². The van der Waals surface area contributed by atoms with E-state index in [1.165, 1.54) is 17.4 Å². The Balaban J connectivity index is 1.56. The van der Waals surface area contributed by atoms with Crippen molar-refractivity contribution in [3.63, 3.8) is 0 Å². The predicted octanol–water partition coefficient (Wildman–Crippen LogP) is 4.09. The summed E-state index contributed by atoms with van der Waals surface area (Å²) in [5.41, 5.74) is 6.75. The molecule has 2 N–H and O–H groups in total. The van der Waals surface area contributed by atoms with Gasteiger partial charge in [-0.25, -0.2) is 4.98 Å². The van der Waals surface area contributed by atoms with Crippen LogP contribution in [-0.2, 0) is 0 Å². The number of hydrazine groups is 1. The normalized spacial score (nSPS) is 10.6. The lowest BCUT2D eigenvalue weighted by molar-refractivity contribution is 0.0847. The summed E-state index contributed by atoms with van der Waals surface area (Å²) in [6, 6.07) is 17.4. The zero-order valence-corrected chi connectivity index (χ0v) is 15.9. The van der Waals surface area contributed by atoms with E-state index in [9.17, 15) is 9.59 Å². The number of hydrogen-bond donors (Lipinski definition) is 2. The van der Waals surface area contributed by atoms with Crippen LogP contribution in [0.5, 0.6) is 0 Å². The summed E-state index contributed by atoms with van der Waals surface area (Å²) in [4.78, 5) is 33.7. The van der Waals surface area contributed by atoms with Gasteiger partial charge in [-0.2, -0.15) is 0 Å². The largest absolute Gasteiger partial charge is 0.272 e. The molecule has 2 aromatic carbocycles. The van der Waals surface area contributed by atoms with Gasteiger partial charge in [-0.15, -0.1) is 11.3 Å². The maximum Gasteiger partial charge on any atom is 0.272 e. The molecule has 2 aromatic heterocycles. The fourth-order valence-electron chi connectivity index (χ4n) is 2.62. The third-order valence-corrected chi connectivity index (χ3v) is 5.20. The van der Waals surface area contributed by atoms with Crippen molar-refractivity contribution < 1.29 is 9.59 Å². The highest BCUT2D eigenvalue weighted by atomic mass is 35.5. The second kappa shape index (κ2) is 7.75. The summed E-state index contributed by atoms with van der Waals surface area (Å²) in [5.74, 6) is -0.959. The maximum absolute atomic E-state index is 12.6. The summed E-state index contributed by atoms with van der Waals surface area (Å²) in [5, 5.41) is 1.07. The van der Waals surface area contributed by atoms with Crippen LogP contribution in [0.25, 0.3) is 20.9 Å². The zero-order chi connectivity index (χ0) is 19.5. The molecule has 0 aliphatic rings. The Morgan fingerprint density at radius 2 is 1.75 bits per heavy atom. The third-order valence-electron chi connectivity index (χ3n) is 3.93. The lowest BCUT2D eigenvalue weighted by Crippen LogP contribution is -2.41. The molecule has 2 amide bonds. The first-order valence-corrected chi connectivity index (χ1v) is 9.48. The lowest BCUT2D eigenvalue weighted by atomic mass is 10.2. The quantitative estimate of drug-likeness (QED) is 0.500. The summed E-state index contributed by atoms with van der Waals surface area (Å²) < 4.78 is 1.00. The zero-order valence-electron chi connectivity index (χ0n) is 14.3. The second-order valence-corrected chi connectivity index (χ2v) is 7.27. The Kier molecular flexibility index (Phi) is 5.01. The van der Waals surface area contributed by atoms with Crippen molar-refractivity contribution in [1.82, 2.24) is 20.8 Å². The third kappa shape index (κ3) is 3.71. The van der Waals surface area contributed by atoms with Gasteiger partial charge in [0.2, 0.25) is 0 Å². The number of benzene rings is 2. The number of pyridine rings is 1. The fourth-order valence-corrected chi connectivity index (χ4v) is 3.78. The van der Waals surface area contributed by atoms with Crippen molar-refractivity contribution in [3.8, 4) is 10.7 Å². The number of rotatable bonds is 3. The van der Waals surface area contributed by atoms with E-state index in [0.29, 0.717) is 26.9 Å². The molecule has 0 saturated heterocycles. The average Bonchev–Trinajstić information content (AvgIpc) is 3.16. The minimum absolute atomic E-state index is 0.313. The number of aromatic nitrogens is 2. The van der Waals surface area contributed by atoms with Gasteiger partial charge < -0.3 is 0 Å². The van der Waals surface area contributed by atoms with Gasteiger partial charge in [0.1, 0.15) is 10.7 Å². The van der Waals surface area contributed by atoms with Gasteiger partial charge in [0.25, 0.3) is 11.8 Å². The van der Waals surface area contributed by atoms with Crippen molar-refractivity contribution in [1.29, 1.82) is 0 Å². The summed E-state index contributed by atoms with van der Waals surface area (Å²) in [6.07, 6.45) is 1.60. The number of thiazole rings is 1. The van der Waals surface area contributed by atoms with Crippen LogP contribution in [0.15, 0.2) is 66.9 Å². The van der Waals surface area contributed by atoms with E-state index in [1.807, 2.05) is 24.3 Å². The van der Waals surface area contributed by atoms with Gasteiger partial charge in [0.15, 0.2) is 0 Å². The molecule has 2 heterocycles. The lowest BCUT2D eigenvalue weighted by Gasteiger charge is -2.09. The highest BCUT2D eigenvalue weighted by Gasteiger charge is 2.18. The molecule has 0 aliphatic carbocycles. The molecule has 138 valence electrons. The summed E-state index contributed by atoms with van der Waals surface area (Å²) in [7, 11) is 0. The number of carbonyl (C=O) groups is 2. The molecular weight excluding hydrogens is 396 g/mol. The van der Waals surface area contributed by atoms with Crippen LogP contribution in [0.1, 0.15) is 20.7 Å². The maximum atomic E-state index is 12.6. The van der Waals surface area contributed by atoms with Crippen LogP contribution >= 0.6 is 22.9 Å². The highest BCUT2D eigenvalue weighted by Crippen LogP contribution is 2.30. The van der Waals surface area contributed by atoms with Crippen molar-refractivity contribution >= 4 is 45.0 Å². The summed E-state index contributed by atoms with van der Waals surface area (Å²) in [6.45, 7) is 0. The Labute approximate surface area is 169 Å². The molecule has 6 nitrogen and oxygen atoms in total. The van der Waals surface area contributed by atoms with Crippen LogP contribution in [-0.4, -0.2) is 21.8 Å². The fraction of sp³-hybridized carbons (Fsp3) is 0. The van der Waals surface area contributed by atoms with Crippen LogP contribution in [0.2, 0.25) is 5.02 Å². The van der Waals surface area contributed by atoms with Gasteiger partial charge in [-0.05, 0) is 42.5 Å². The number of amides is 2. The smallest absolute Gasteiger partial charge is 0.267 e. The molecule has 0 bridgehead atoms. The van der Waals surface area contributed by atoms with Crippen LogP contribution in [0, 0.1) is 0 Å². The average molecular weight is 409 g/mol. The molecule has 28 heavy (non-hydrogen) atoms. The van der Waals surface area contributed by atoms with Gasteiger partial charge in [0.05, 0.1) is 15.8 Å². The van der Waals surface area contributed by atoms with Crippen molar-refractivity contribution in [2.24, 2.45) is 0 Å². The van der Waals surface area contributed by atoms with E-state index >= 15 is 0 Å². The van der Waals surface area contributed by atoms with Crippen molar-refractivity contribution in [3.05, 3.63) is 83.0 Å². The molecule has 0 atom stereocenters. The molecule has 0 unspecified atom stereocenters. The van der Waals surface area contributed by atoms with E-state index in [4.69, 9.17) is 11.6 Å². The first kappa shape index (κ1) is 18.1. The number of hydrogen-bond acceptors (Lipinski definition) is 5. The van der Waals surface area contributed by atoms with Crippen LogP contribution < -0.4 is 10.9 Å². The molecule has 0 fully saturated rings. The highest BCUT2D eigenvalue weighted by molar-refractivity contribution is 7.21. The number of carbonyl (C=O) groups excluding carboxylic acids is 2. The van der Waals surface area contributed by atoms with Gasteiger partial charge in [0, 0.05) is 16.8 Å². The van der Waals surface area contributed by atoms with Gasteiger partial charge in [-0.3, -0.25) is 25.4 Å². The number of halogens is 1. The molecule has 0 radical (unpaired) electrons. The number of fused-ring (bicyclic) bond motifs is 1. The molecule has 0 aliphatic heterocycles. The molecule has 0 spiro atoms. The Morgan fingerprint density at radius 3 is 2.57 bits per heavy atom. The summed E-state index contributed by atoms with van der Waals surface area (Å²) >= 11 is 7.34. The second-order valence-electron chi connectivity index (χ2n) is 5.80. The minimum atomic E-state index is -0.488. The SMILES string of the molecule is O=C(NNC(=O)c1cccnc1-c1nc2ccccc2s1)c1cccc(Cl)c1. The Hall–Kier alpha value is -3.29. The van der Waals surface area contributed by atoms with E-state index < -0.39 is 11.8 Å². The molecule has 4 aromatic rings. The van der Waals surface area contributed by atoms with E-state index in [2.05, 4.69) is 20.8 Å². The minimum Gasteiger partial charge on any atom is -0.267 e. The number of nitrogens with one attached hydrogen (secondary N) is 2. The standard InChI is InChI=1S/C20H13ClN4O2S/c21-13-6-3-5-12(11-13)18(26)24-25-19(27)14-7-4-10-22-17(14)20-23-15-8-1-2-9-16(15)28-20/h1-11H,(H,24,26)(H,25,27). The van der Waals surface area contributed by atoms with Crippen molar-refractivity contribution in [2.45, 2.75) is 0 Å². The molecular formula is C20H13ClN4O2S. The van der Waals surface area contributed by atoms with Crippen LogP contribution in [0.3, 0.4) is 0 Å².